The molecule has 0 amide bonds. The highest BCUT2D eigenvalue weighted by atomic mass is 32.2. The number of carbonyl (C=O) groups is 2. The molecule has 0 N–H and O–H groups in total. The van der Waals surface area contributed by atoms with Crippen LogP contribution in [0.1, 0.15) is 20.8 Å². The molecule has 1 aromatic rings. The Bertz CT molecular complexity index is 526. The molecule has 1 heterocycles. The van der Waals surface area contributed by atoms with Crippen LogP contribution in [-0.4, -0.2) is 45.4 Å². The van der Waals surface area contributed by atoms with E-state index >= 15 is 0 Å². The summed E-state index contributed by atoms with van der Waals surface area (Å²) in [6.07, 6.45) is 2.94. The Morgan fingerprint density at radius 3 is 2.13 bits per heavy atom. The van der Waals surface area contributed by atoms with Gasteiger partial charge in [-0.15, -0.1) is 23.5 Å². The summed E-state index contributed by atoms with van der Waals surface area (Å²) in [5.74, 6) is 1.06. The second-order valence-electron chi connectivity index (χ2n) is 5.22. The number of esters is 1. The Labute approximate surface area is 145 Å². The van der Waals surface area contributed by atoms with Crippen LogP contribution in [0.25, 0.3) is 0 Å². The summed E-state index contributed by atoms with van der Waals surface area (Å²) in [7, 11) is 0. The summed E-state index contributed by atoms with van der Waals surface area (Å²) in [4.78, 5) is 22.9. The van der Waals surface area contributed by atoms with Crippen molar-refractivity contribution in [3.8, 4) is 0 Å². The molecule has 0 unspecified atom stereocenters. The fraction of sp³-hybridized carbons (Fsp3) is 0.500. The molecule has 23 heavy (non-hydrogen) atoms. The molecule has 0 aromatic carbocycles. The normalized spacial score (nSPS) is 11.1. The van der Waals surface area contributed by atoms with Crippen LogP contribution in [0, 0.1) is 0 Å². The van der Waals surface area contributed by atoms with E-state index in [9.17, 15) is 9.59 Å². The van der Waals surface area contributed by atoms with Crippen molar-refractivity contribution in [2.24, 2.45) is 0 Å². The number of aromatic nitrogens is 1. The average Bonchev–Trinajstić information content (AvgIpc) is 3.02. The van der Waals surface area contributed by atoms with Crippen LogP contribution in [0.3, 0.4) is 0 Å². The van der Waals surface area contributed by atoms with Gasteiger partial charge >= 0.3 is 12.1 Å². The van der Waals surface area contributed by atoms with Gasteiger partial charge in [-0.25, -0.2) is 9.59 Å². The SMILES string of the molecule is C=C(C)C(=O)OCCSC(C)(C)SCCOC(=O)n1cccc1. The standard InChI is InChI=1S/C16H23NO4S2/c1-13(2)14(18)20-9-11-22-16(3,4)23-12-10-21-15(19)17-7-5-6-8-17/h5-8H,1,9-12H2,2-4H3. The molecular weight excluding hydrogens is 334 g/mol. The zero-order valence-electron chi connectivity index (χ0n) is 13.7. The molecule has 0 spiro atoms. The second kappa shape index (κ2) is 9.72. The fourth-order valence-electron chi connectivity index (χ4n) is 1.53. The van der Waals surface area contributed by atoms with Crippen LogP contribution in [0.4, 0.5) is 4.79 Å². The van der Waals surface area contributed by atoms with E-state index in [4.69, 9.17) is 9.47 Å². The van der Waals surface area contributed by atoms with Gasteiger partial charge in [0.05, 0.1) is 4.08 Å². The van der Waals surface area contributed by atoms with Gasteiger partial charge in [0, 0.05) is 29.5 Å². The third kappa shape index (κ3) is 8.18. The minimum Gasteiger partial charge on any atom is -0.461 e. The summed E-state index contributed by atoms with van der Waals surface area (Å²) in [6.45, 7) is 10.1. The molecule has 0 aliphatic heterocycles. The molecule has 0 aliphatic carbocycles. The lowest BCUT2D eigenvalue weighted by Gasteiger charge is -2.23. The Hall–Kier alpha value is -1.34. The lowest BCUT2D eigenvalue weighted by molar-refractivity contribution is -0.138. The summed E-state index contributed by atoms with van der Waals surface area (Å²) in [5.41, 5.74) is 0.410. The third-order valence-electron chi connectivity index (χ3n) is 2.69. The number of rotatable bonds is 9. The van der Waals surface area contributed by atoms with Gasteiger partial charge in [-0.05, 0) is 32.9 Å². The lowest BCUT2D eigenvalue weighted by atomic mass is 10.4. The lowest BCUT2D eigenvalue weighted by Crippen LogP contribution is -2.17. The van der Waals surface area contributed by atoms with Crippen LogP contribution < -0.4 is 0 Å². The highest BCUT2D eigenvalue weighted by Gasteiger charge is 2.19. The highest BCUT2D eigenvalue weighted by molar-refractivity contribution is 8.18. The number of thioether (sulfide) groups is 2. The van der Waals surface area contributed by atoms with Crippen molar-refractivity contribution in [3.63, 3.8) is 0 Å². The molecule has 1 rings (SSSR count). The van der Waals surface area contributed by atoms with Crippen molar-refractivity contribution in [2.45, 2.75) is 24.9 Å². The third-order valence-corrected chi connectivity index (χ3v) is 5.53. The maximum atomic E-state index is 11.6. The van der Waals surface area contributed by atoms with Crippen molar-refractivity contribution in [1.29, 1.82) is 0 Å². The monoisotopic (exact) mass is 357 g/mol. The topological polar surface area (TPSA) is 57.5 Å². The first-order chi connectivity index (χ1) is 10.8. The van der Waals surface area contributed by atoms with Crippen molar-refractivity contribution in [2.75, 3.05) is 24.7 Å². The maximum Gasteiger partial charge on any atom is 0.417 e. The molecular formula is C16H23NO4S2. The first-order valence-electron chi connectivity index (χ1n) is 7.22. The van der Waals surface area contributed by atoms with Crippen molar-refractivity contribution in [1.82, 2.24) is 4.57 Å². The van der Waals surface area contributed by atoms with Gasteiger partial charge in [0.15, 0.2) is 0 Å². The Balaban J connectivity index is 2.13. The Morgan fingerprint density at radius 1 is 1.09 bits per heavy atom. The van der Waals surface area contributed by atoms with E-state index in [1.165, 1.54) is 4.57 Å². The second-order valence-corrected chi connectivity index (χ2v) is 8.91. The summed E-state index contributed by atoms with van der Waals surface area (Å²) in [5, 5.41) is 0. The number of ether oxygens (including phenoxy) is 2. The van der Waals surface area contributed by atoms with Crippen LogP contribution >= 0.6 is 23.5 Å². The van der Waals surface area contributed by atoms with E-state index in [2.05, 4.69) is 20.4 Å². The average molecular weight is 357 g/mol. The minimum atomic E-state index is -0.368. The van der Waals surface area contributed by atoms with E-state index in [0.717, 1.165) is 0 Å². The van der Waals surface area contributed by atoms with Gasteiger partial charge in [-0.2, -0.15) is 0 Å². The molecule has 1 aromatic heterocycles. The van der Waals surface area contributed by atoms with Crippen LogP contribution in [0.5, 0.6) is 0 Å². The van der Waals surface area contributed by atoms with E-state index in [0.29, 0.717) is 30.3 Å². The number of hydrogen-bond donors (Lipinski definition) is 0. The minimum absolute atomic E-state index is 0.0461. The summed E-state index contributed by atoms with van der Waals surface area (Å²) >= 11 is 3.40. The van der Waals surface area contributed by atoms with Crippen LogP contribution in [-0.2, 0) is 14.3 Å². The number of carbonyl (C=O) groups excluding carboxylic acids is 2. The molecule has 5 nitrogen and oxygen atoms in total. The molecule has 7 heteroatoms. The van der Waals surface area contributed by atoms with Crippen molar-refractivity contribution < 1.29 is 19.1 Å². The van der Waals surface area contributed by atoms with E-state index in [1.807, 2.05) is 0 Å². The predicted octanol–water partition coefficient (Wildman–Crippen LogP) is 3.79. The largest absolute Gasteiger partial charge is 0.461 e. The van der Waals surface area contributed by atoms with Gasteiger partial charge in [-0.1, -0.05) is 6.58 Å². The molecule has 0 radical (unpaired) electrons. The van der Waals surface area contributed by atoms with E-state index in [1.54, 1.807) is 55.0 Å². The molecule has 0 saturated carbocycles. The van der Waals surface area contributed by atoms with Gasteiger partial charge < -0.3 is 9.47 Å². The molecule has 0 atom stereocenters. The van der Waals surface area contributed by atoms with Gasteiger partial charge in [-0.3, -0.25) is 4.57 Å². The number of nitrogens with zero attached hydrogens (tertiary/aromatic N) is 1. The smallest absolute Gasteiger partial charge is 0.417 e. The van der Waals surface area contributed by atoms with Crippen LogP contribution in [0.15, 0.2) is 36.7 Å². The summed E-state index contributed by atoms with van der Waals surface area (Å²) in [6, 6.07) is 3.55. The first kappa shape index (κ1) is 19.7. The zero-order chi connectivity index (χ0) is 17.3. The molecule has 0 bridgehead atoms. The Morgan fingerprint density at radius 2 is 1.61 bits per heavy atom. The molecule has 128 valence electrons. The zero-order valence-corrected chi connectivity index (χ0v) is 15.4. The molecule has 0 saturated heterocycles. The molecule has 0 aliphatic rings. The van der Waals surface area contributed by atoms with Crippen LogP contribution in [0.2, 0.25) is 0 Å². The van der Waals surface area contributed by atoms with E-state index in [-0.39, 0.29) is 16.1 Å². The number of hydrogen-bond acceptors (Lipinski definition) is 6. The fourth-order valence-corrected chi connectivity index (χ4v) is 3.68. The highest BCUT2D eigenvalue weighted by Crippen LogP contribution is 2.35. The van der Waals surface area contributed by atoms with Gasteiger partial charge in [0.2, 0.25) is 0 Å². The predicted molar refractivity (Wildman–Crippen MR) is 95.9 cm³/mol. The molecule has 0 fully saturated rings. The van der Waals surface area contributed by atoms with Gasteiger partial charge in [0.25, 0.3) is 0 Å². The van der Waals surface area contributed by atoms with Crippen molar-refractivity contribution in [3.05, 3.63) is 36.7 Å². The maximum absolute atomic E-state index is 11.6. The first-order valence-corrected chi connectivity index (χ1v) is 9.19. The Kier molecular flexibility index (Phi) is 8.33. The van der Waals surface area contributed by atoms with Crippen molar-refractivity contribution >= 4 is 35.6 Å². The van der Waals surface area contributed by atoms with Gasteiger partial charge in [0.1, 0.15) is 13.2 Å². The van der Waals surface area contributed by atoms with E-state index < -0.39 is 0 Å². The summed E-state index contributed by atoms with van der Waals surface area (Å²) < 4.78 is 11.6. The quantitative estimate of drug-likeness (QED) is 0.290.